The van der Waals surface area contributed by atoms with E-state index < -0.39 is 23.3 Å². The molecule has 1 atom stereocenters. The van der Waals surface area contributed by atoms with Gasteiger partial charge in [0.1, 0.15) is 17.4 Å². The molecule has 2 fully saturated rings. The second kappa shape index (κ2) is 7.17. The number of hydrogen-bond acceptors (Lipinski definition) is 5. The molecule has 0 saturated carbocycles. The highest BCUT2D eigenvalue weighted by Gasteiger charge is 2.59. The first-order chi connectivity index (χ1) is 14.7. The van der Waals surface area contributed by atoms with Crippen molar-refractivity contribution in [3.63, 3.8) is 0 Å². The molecule has 2 aliphatic heterocycles. The molecule has 2 aromatic heterocycles. The first-order valence-electron chi connectivity index (χ1n) is 10.2. The third kappa shape index (κ3) is 3.95. The molecular formula is C20H24F5N5O2. The summed E-state index contributed by atoms with van der Waals surface area (Å²) in [4.78, 5) is 20.1. The van der Waals surface area contributed by atoms with E-state index in [0.29, 0.717) is 32.4 Å². The number of likely N-dealkylation sites (tertiary alicyclic amines) is 1. The van der Waals surface area contributed by atoms with Gasteiger partial charge >= 0.3 is 18.2 Å². The molecule has 2 aliphatic rings. The van der Waals surface area contributed by atoms with Gasteiger partial charge in [-0.05, 0) is 39.7 Å². The van der Waals surface area contributed by atoms with Crippen LogP contribution in [0.1, 0.15) is 39.2 Å². The molecule has 0 radical (unpaired) electrons. The van der Waals surface area contributed by atoms with Crippen LogP contribution in [-0.2, 0) is 10.7 Å². The van der Waals surface area contributed by atoms with Crippen molar-refractivity contribution >= 4 is 17.4 Å². The number of hydrogen-bond donors (Lipinski definition) is 0. The number of carbonyl (C=O) groups excluding carboxylic acids is 1. The van der Waals surface area contributed by atoms with Crippen LogP contribution in [0.5, 0.6) is 0 Å². The van der Waals surface area contributed by atoms with Crippen LogP contribution in [0.25, 0.3) is 5.52 Å². The second-order valence-electron chi connectivity index (χ2n) is 9.54. The van der Waals surface area contributed by atoms with Crippen LogP contribution < -0.4 is 4.90 Å². The van der Waals surface area contributed by atoms with E-state index in [9.17, 15) is 26.7 Å². The minimum Gasteiger partial charge on any atom is -0.444 e. The molecule has 0 aromatic carbocycles. The molecule has 12 heteroatoms. The van der Waals surface area contributed by atoms with E-state index in [1.165, 1.54) is 0 Å². The zero-order valence-corrected chi connectivity index (χ0v) is 17.9. The zero-order valence-electron chi connectivity index (χ0n) is 17.9. The maximum Gasteiger partial charge on any atom is 0.458 e. The monoisotopic (exact) mass is 461 g/mol. The Kier molecular flexibility index (Phi) is 5.05. The molecule has 4 rings (SSSR count). The Labute approximate surface area is 181 Å². The fraction of sp³-hybridized carbons (Fsp3) is 0.650. The van der Waals surface area contributed by atoms with Crippen molar-refractivity contribution in [1.29, 1.82) is 0 Å². The largest absolute Gasteiger partial charge is 0.458 e. The number of aromatic nitrogens is 3. The maximum atomic E-state index is 13.8. The summed E-state index contributed by atoms with van der Waals surface area (Å²) < 4.78 is 72.5. The minimum atomic E-state index is -5.71. The van der Waals surface area contributed by atoms with Gasteiger partial charge in [-0.15, -0.1) is 0 Å². The number of halogens is 5. The standard InChI is InChI=1S/C20H24F5N5O2/c1-17(2,3)32-16(31)29-7-5-18(11-29)4-6-28(10-18)15-14-8-13(9-30(14)27-12-26-15)19(21,22)20(23,24)25/h8-9,12H,4-7,10-11H2,1-3H3. The fourth-order valence-corrected chi connectivity index (χ4v) is 4.36. The summed E-state index contributed by atoms with van der Waals surface area (Å²) in [6.07, 6.45) is -2.82. The summed E-state index contributed by atoms with van der Waals surface area (Å²) in [6.45, 7) is 7.43. The van der Waals surface area contributed by atoms with Gasteiger partial charge in [0.05, 0.1) is 5.56 Å². The third-order valence-electron chi connectivity index (χ3n) is 5.93. The van der Waals surface area contributed by atoms with Crippen molar-refractivity contribution in [1.82, 2.24) is 19.5 Å². The van der Waals surface area contributed by atoms with Crippen LogP contribution in [0, 0.1) is 5.41 Å². The predicted octanol–water partition coefficient (Wildman–Crippen LogP) is 4.22. The van der Waals surface area contributed by atoms with Gasteiger partial charge in [0.25, 0.3) is 0 Å². The maximum absolute atomic E-state index is 13.8. The Morgan fingerprint density at radius 3 is 2.44 bits per heavy atom. The highest BCUT2D eigenvalue weighted by molar-refractivity contribution is 5.71. The molecule has 2 saturated heterocycles. The molecule has 4 heterocycles. The number of ether oxygens (including phenoxy) is 1. The number of amides is 1. The Morgan fingerprint density at radius 1 is 1.09 bits per heavy atom. The molecule has 32 heavy (non-hydrogen) atoms. The number of carbonyl (C=O) groups is 1. The number of nitrogens with zero attached hydrogens (tertiary/aromatic N) is 5. The van der Waals surface area contributed by atoms with Gasteiger partial charge in [0, 0.05) is 37.8 Å². The van der Waals surface area contributed by atoms with Crippen LogP contribution in [0.3, 0.4) is 0 Å². The highest BCUT2D eigenvalue weighted by Crippen LogP contribution is 2.46. The Bertz CT molecular complexity index is 1030. The predicted molar refractivity (Wildman–Crippen MR) is 105 cm³/mol. The molecule has 176 valence electrons. The van der Waals surface area contributed by atoms with E-state index in [2.05, 4.69) is 10.1 Å². The van der Waals surface area contributed by atoms with Gasteiger partial charge in [0.2, 0.25) is 0 Å². The topological polar surface area (TPSA) is 63.0 Å². The van der Waals surface area contributed by atoms with Crippen molar-refractivity contribution in [2.75, 3.05) is 31.1 Å². The number of rotatable bonds is 2. The zero-order chi connectivity index (χ0) is 23.5. The van der Waals surface area contributed by atoms with Crippen LogP contribution in [0.15, 0.2) is 18.6 Å². The van der Waals surface area contributed by atoms with E-state index in [0.717, 1.165) is 29.8 Å². The smallest absolute Gasteiger partial charge is 0.444 e. The molecule has 1 amide bonds. The molecule has 1 unspecified atom stereocenters. The van der Waals surface area contributed by atoms with Gasteiger partial charge in [-0.25, -0.2) is 14.3 Å². The number of alkyl halides is 5. The van der Waals surface area contributed by atoms with E-state index in [1.807, 2.05) is 4.90 Å². The first kappa shape index (κ1) is 22.5. The lowest BCUT2D eigenvalue weighted by Crippen LogP contribution is -2.37. The van der Waals surface area contributed by atoms with Crippen molar-refractivity contribution < 1.29 is 31.5 Å². The summed E-state index contributed by atoms with van der Waals surface area (Å²) >= 11 is 0. The Balaban J connectivity index is 1.55. The van der Waals surface area contributed by atoms with E-state index in [4.69, 9.17) is 4.74 Å². The molecule has 0 N–H and O–H groups in total. The fourth-order valence-electron chi connectivity index (χ4n) is 4.36. The summed E-state index contributed by atoms with van der Waals surface area (Å²) in [5, 5.41) is 3.80. The second-order valence-corrected chi connectivity index (χ2v) is 9.54. The number of anilines is 1. The van der Waals surface area contributed by atoms with Crippen LogP contribution in [-0.4, -0.2) is 63.5 Å². The summed E-state index contributed by atoms with van der Waals surface area (Å²) in [7, 11) is 0. The van der Waals surface area contributed by atoms with Gasteiger partial charge in [-0.1, -0.05) is 0 Å². The first-order valence-corrected chi connectivity index (χ1v) is 10.2. The Morgan fingerprint density at radius 2 is 1.78 bits per heavy atom. The summed E-state index contributed by atoms with van der Waals surface area (Å²) in [5.41, 5.74) is -1.93. The third-order valence-corrected chi connectivity index (χ3v) is 5.93. The van der Waals surface area contributed by atoms with Crippen molar-refractivity contribution in [2.24, 2.45) is 5.41 Å². The lowest BCUT2D eigenvalue weighted by atomic mass is 9.86. The molecule has 2 aromatic rings. The van der Waals surface area contributed by atoms with Crippen molar-refractivity contribution in [3.8, 4) is 0 Å². The lowest BCUT2D eigenvalue weighted by Gasteiger charge is -2.27. The van der Waals surface area contributed by atoms with Gasteiger partial charge in [-0.2, -0.15) is 27.1 Å². The van der Waals surface area contributed by atoms with Gasteiger partial charge in [-0.3, -0.25) is 0 Å². The minimum absolute atomic E-state index is 0.0745. The lowest BCUT2D eigenvalue weighted by molar-refractivity contribution is -0.289. The van der Waals surface area contributed by atoms with Crippen LogP contribution >= 0.6 is 0 Å². The normalized spacial score (nSPS) is 22.4. The van der Waals surface area contributed by atoms with E-state index >= 15 is 0 Å². The number of fused-ring (bicyclic) bond motifs is 1. The molecule has 1 spiro atoms. The van der Waals surface area contributed by atoms with Crippen LogP contribution in [0.2, 0.25) is 0 Å². The molecule has 7 nitrogen and oxygen atoms in total. The van der Waals surface area contributed by atoms with Crippen LogP contribution in [0.4, 0.5) is 32.6 Å². The summed E-state index contributed by atoms with van der Waals surface area (Å²) in [5.74, 6) is -4.71. The highest BCUT2D eigenvalue weighted by atomic mass is 19.4. The quantitative estimate of drug-likeness (QED) is 0.627. The van der Waals surface area contributed by atoms with Crippen molar-refractivity contribution in [2.45, 2.75) is 51.3 Å². The molecule has 0 bridgehead atoms. The average molecular weight is 461 g/mol. The van der Waals surface area contributed by atoms with E-state index in [1.54, 1.807) is 25.7 Å². The Hall–Kier alpha value is -2.66. The molecular weight excluding hydrogens is 437 g/mol. The van der Waals surface area contributed by atoms with Gasteiger partial charge < -0.3 is 14.5 Å². The van der Waals surface area contributed by atoms with Crippen molar-refractivity contribution in [3.05, 3.63) is 24.2 Å². The SMILES string of the molecule is CC(C)(C)OC(=O)N1CCC2(CCN(c3ncnn4cc(C(F)(F)C(F)(F)F)cc34)C2)C1. The molecule has 0 aliphatic carbocycles. The average Bonchev–Trinajstić information content (AvgIpc) is 3.38. The van der Waals surface area contributed by atoms with E-state index in [-0.39, 0.29) is 22.8 Å². The summed E-state index contributed by atoms with van der Waals surface area (Å²) in [6, 6.07) is 0.787. The van der Waals surface area contributed by atoms with Gasteiger partial charge in [0.15, 0.2) is 5.82 Å².